The largest absolute Gasteiger partial charge is 0.492 e. The van der Waals surface area contributed by atoms with Gasteiger partial charge in [0.15, 0.2) is 0 Å². The van der Waals surface area contributed by atoms with E-state index in [-0.39, 0.29) is 0 Å². The number of benzene rings is 3. The molecule has 0 N–H and O–H groups in total. The molecule has 1 aliphatic heterocycles. The van der Waals surface area contributed by atoms with E-state index in [4.69, 9.17) is 4.74 Å². The van der Waals surface area contributed by atoms with Crippen LogP contribution in [0.3, 0.4) is 0 Å². The van der Waals surface area contributed by atoms with Crippen LogP contribution in [0.15, 0.2) is 103 Å². The molecule has 4 rings (SSSR count). The lowest BCUT2D eigenvalue weighted by Crippen LogP contribution is -2.29. The van der Waals surface area contributed by atoms with Crippen molar-refractivity contribution in [1.29, 1.82) is 0 Å². The van der Waals surface area contributed by atoms with Gasteiger partial charge in [0.1, 0.15) is 34.8 Å². The molecule has 2 heteroatoms. The van der Waals surface area contributed by atoms with E-state index < -0.39 is 7.26 Å². The lowest BCUT2D eigenvalue weighted by molar-refractivity contribution is 0.178. The number of rotatable bonds is 4. The maximum atomic E-state index is 6.17. The van der Waals surface area contributed by atoms with E-state index in [0.717, 1.165) is 18.6 Å². The molecule has 3 aromatic carbocycles. The van der Waals surface area contributed by atoms with E-state index in [9.17, 15) is 0 Å². The second kappa shape index (κ2) is 7.48. The van der Waals surface area contributed by atoms with Gasteiger partial charge in [-0.15, -0.1) is 0 Å². The van der Waals surface area contributed by atoms with E-state index in [1.807, 2.05) is 0 Å². The van der Waals surface area contributed by atoms with Crippen molar-refractivity contribution in [1.82, 2.24) is 0 Å². The molecule has 0 saturated carbocycles. The zero-order chi connectivity index (χ0) is 17.8. The highest BCUT2D eigenvalue weighted by molar-refractivity contribution is 7.98. The van der Waals surface area contributed by atoms with Crippen molar-refractivity contribution in [3.8, 4) is 0 Å². The predicted molar refractivity (Wildman–Crippen MR) is 113 cm³/mol. The zero-order valence-electron chi connectivity index (χ0n) is 15.1. The highest BCUT2D eigenvalue weighted by atomic mass is 31.2. The summed E-state index contributed by atoms with van der Waals surface area (Å²) in [7, 11) is -1.92. The van der Waals surface area contributed by atoms with Crippen LogP contribution < -0.4 is 15.9 Å². The molecule has 0 amide bonds. The summed E-state index contributed by atoms with van der Waals surface area (Å²) >= 11 is 0. The SMILES string of the molecule is CC1CCC(=C[P+](c2ccccc2)(c2ccccc2)c2ccccc2)O1. The third kappa shape index (κ3) is 3.20. The third-order valence-corrected chi connectivity index (χ3v) is 8.99. The summed E-state index contributed by atoms with van der Waals surface area (Å²) in [6.07, 6.45) is 2.44. The van der Waals surface area contributed by atoms with Crippen LogP contribution in [0.5, 0.6) is 0 Å². The van der Waals surface area contributed by atoms with Gasteiger partial charge in [0.25, 0.3) is 0 Å². The van der Waals surface area contributed by atoms with Crippen LogP contribution in [0.4, 0.5) is 0 Å². The molecule has 3 aromatic rings. The average Bonchev–Trinajstić information content (AvgIpc) is 3.13. The number of allylic oxidation sites excluding steroid dienone is 1. The van der Waals surface area contributed by atoms with Crippen LogP contribution in [0.2, 0.25) is 0 Å². The minimum Gasteiger partial charge on any atom is -0.492 e. The summed E-state index contributed by atoms with van der Waals surface area (Å²) in [6.45, 7) is 2.16. The first kappa shape index (κ1) is 17.1. The Bertz CT molecular complexity index is 775. The van der Waals surface area contributed by atoms with Crippen molar-refractivity contribution >= 4 is 23.2 Å². The molecule has 1 nitrogen and oxygen atoms in total. The smallest absolute Gasteiger partial charge is 0.140 e. The van der Waals surface area contributed by atoms with Gasteiger partial charge in [-0.2, -0.15) is 0 Å². The molecule has 0 aromatic heterocycles. The molecule has 26 heavy (non-hydrogen) atoms. The summed E-state index contributed by atoms with van der Waals surface area (Å²) in [4.78, 5) is 0. The summed E-state index contributed by atoms with van der Waals surface area (Å²) in [5.41, 5.74) is 0. The molecule has 0 spiro atoms. The Labute approximate surface area is 156 Å². The molecule has 1 saturated heterocycles. The molecular formula is C24H24OP+. The molecule has 1 atom stereocenters. The minimum atomic E-state index is -1.92. The van der Waals surface area contributed by atoms with Gasteiger partial charge in [0.05, 0.1) is 6.10 Å². The molecular weight excluding hydrogens is 335 g/mol. The Hall–Kier alpha value is -2.37. The number of hydrogen-bond acceptors (Lipinski definition) is 1. The van der Waals surface area contributed by atoms with Crippen molar-refractivity contribution in [3.63, 3.8) is 0 Å². The van der Waals surface area contributed by atoms with Gasteiger partial charge < -0.3 is 4.74 Å². The van der Waals surface area contributed by atoms with Crippen molar-refractivity contribution < 1.29 is 4.74 Å². The predicted octanol–water partition coefficient (Wildman–Crippen LogP) is 5.02. The van der Waals surface area contributed by atoms with Crippen molar-refractivity contribution in [3.05, 3.63) is 103 Å². The van der Waals surface area contributed by atoms with Gasteiger partial charge in [-0.3, -0.25) is 0 Å². The first-order valence-corrected chi connectivity index (χ1v) is 11.1. The molecule has 1 unspecified atom stereocenters. The van der Waals surface area contributed by atoms with Crippen LogP contribution in [0.1, 0.15) is 19.8 Å². The van der Waals surface area contributed by atoms with Crippen LogP contribution in [-0.4, -0.2) is 6.10 Å². The Morgan fingerprint density at radius 3 is 1.50 bits per heavy atom. The Morgan fingerprint density at radius 2 is 1.15 bits per heavy atom. The van der Waals surface area contributed by atoms with E-state index >= 15 is 0 Å². The first-order valence-electron chi connectivity index (χ1n) is 9.23. The van der Waals surface area contributed by atoms with Gasteiger partial charge in [0, 0.05) is 6.42 Å². The standard InChI is InChI=1S/C24H24OP/c1-20-17-18-21(25-20)19-26(22-11-5-2-6-12-22,23-13-7-3-8-14-23)24-15-9-4-10-16-24/h2-16,19-20H,17-18H2,1H3/q+1. The van der Waals surface area contributed by atoms with Crippen molar-refractivity contribution in [2.45, 2.75) is 25.9 Å². The minimum absolute atomic E-state index is 0.311. The first-order chi connectivity index (χ1) is 12.8. The summed E-state index contributed by atoms with van der Waals surface area (Å²) in [5, 5.41) is 4.11. The zero-order valence-corrected chi connectivity index (χ0v) is 16.0. The quantitative estimate of drug-likeness (QED) is 0.594. The summed E-state index contributed by atoms with van der Waals surface area (Å²) in [5.74, 6) is 3.60. The fraction of sp³-hybridized carbons (Fsp3) is 0.167. The topological polar surface area (TPSA) is 9.23 Å². The van der Waals surface area contributed by atoms with Crippen LogP contribution >= 0.6 is 7.26 Å². The normalized spacial score (nSPS) is 18.7. The van der Waals surface area contributed by atoms with E-state index in [0.29, 0.717) is 6.10 Å². The monoisotopic (exact) mass is 359 g/mol. The Kier molecular flexibility index (Phi) is 4.91. The maximum absolute atomic E-state index is 6.17. The Morgan fingerprint density at radius 1 is 0.731 bits per heavy atom. The van der Waals surface area contributed by atoms with Gasteiger partial charge in [0.2, 0.25) is 0 Å². The lowest BCUT2D eigenvalue weighted by atomic mass is 10.2. The fourth-order valence-electron chi connectivity index (χ4n) is 3.69. The van der Waals surface area contributed by atoms with Gasteiger partial charge in [-0.05, 0) is 49.7 Å². The molecule has 0 bridgehead atoms. The highest BCUT2D eigenvalue weighted by Gasteiger charge is 2.45. The lowest BCUT2D eigenvalue weighted by Gasteiger charge is -2.24. The van der Waals surface area contributed by atoms with Crippen LogP contribution in [-0.2, 0) is 4.74 Å². The fourth-order valence-corrected chi connectivity index (χ4v) is 7.58. The maximum Gasteiger partial charge on any atom is 0.140 e. The van der Waals surface area contributed by atoms with Crippen molar-refractivity contribution in [2.24, 2.45) is 0 Å². The molecule has 0 radical (unpaired) electrons. The van der Waals surface area contributed by atoms with Gasteiger partial charge >= 0.3 is 0 Å². The van der Waals surface area contributed by atoms with Gasteiger partial charge in [-0.1, -0.05) is 54.6 Å². The highest BCUT2D eigenvalue weighted by Crippen LogP contribution is 2.58. The Balaban J connectivity index is 2.01. The third-order valence-electron chi connectivity index (χ3n) is 4.98. The number of hydrogen-bond donors (Lipinski definition) is 0. The summed E-state index contributed by atoms with van der Waals surface area (Å²) in [6, 6.07) is 32.8. The second-order valence-corrected chi connectivity index (χ2v) is 10.0. The van der Waals surface area contributed by atoms with E-state index in [1.54, 1.807) is 0 Å². The molecule has 0 aliphatic carbocycles. The molecule has 130 valence electrons. The van der Waals surface area contributed by atoms with E-state index in [2.05, 4.69) is 104 Å². The van der Waals surface area contributed by atoms with Crippen LogP contribution in [0.25, 0.3) is 0 Å². The van der Waals surface area contributed by atoms with Gasteiger partial charge in [-0.25, -0.2) is 0 Å². The summed E-state index contributed by atoms with van der Waals surface area (Å²) < 4.78 is 6.17. The molecule has 1 heterocycles. The molecule has 1 aliphatic rings. The molecule has 1 fully saturated rings. The average molecular weight is 359 g/mol. The van der Waals surface area contributed by atoms with Crippen molar-refractivity contribution in [2.75, 3.05) is 0 Å². The van der Waals surface area contributed by atoms with E-state index in [1.165, 1.54) is 15.9 Å². The van der Waals surface area contributed by atoms with Crippen LogP contribution in [0, 0.1) is 0 Å². The second-order valence-electron chi connectivity index (χ2n) is 6.79. The number of ether oxygens (including phenoxy) is 1.